The molecule has 0 radical (unpaired) electrons. The predicted molar refractivity (Wildman–Crippen MR) is 78.8 cm³/mol. The van der Waals surface area contributed by atoms with Crippen molar-refractivity contribution in [3.8, 4) is 0 Å². The number of likely N-dealkylation sites (tertiary alicyclic amines) is 1. The van der Waals surface area contributed by atoms with Crippen LogP contribution in [0.1, 0.15) is 51.9 Å². The van der Waals surface area contributed by atoms with E-state index in [2.05, 4.69) is 4.72 Å². The fraction of sp³-hybridized carbons (Fsp3) is 0.929. The second kappa shape index (κ2) is 6.89. The first kappa shape index (κ1) is 15.8. The molecule has 0 aromatic carbocycles. The van der Waals surface area contributed by atoms with E-state index < -0.39 is 10.0 Å². The second-order valence-corrected chi connectivity index (χ2v) is 7.89. The van der Waals surface area contributed by atoms with Crippen LogP contribution in [0.15, 0.2) is 0 Å². The first-order chi connectivity index (χ1) is 9.52. The maximum absolute atomic E-state index is 12.1. The lowest BCUT2D eigenvalue weighted by Crippen LogP contribution is -2.49. The minimum Gasteiger partial charge on any atom is -0.342 e. The summed E-state index contributed by atoms with van der Waals surface area (Å²) in [6.07, 6.45) is 6.30. The van der Waals surface area contributed by atoms with Gasteiger partial charge in [-0.2, -0.15) is 0 Å². The van der Waals surface area contributed by atoms with Gasteiger partial charge in [0.05, 0.1) is 5.75 Å². The van der Waals surface area contributed by atoms with Crippen LogP contribution >= 0.6 is 0 Å². The van der Waals surface area contributed by atoms with Gasteiger partial charge in [-0.15, -0.1) is 0 Å². The van der Waals surface area contributed by atoms with Crippen molar-refractivity contribution >= 4 is 15.9 Å². The van der Waals surface area contributed by atoms with Gasteiger partial charge in [-0.3, -0.25) is 4.79 Å². The Kier molecular flexibility index (Phi) is 5.43. The number of carbonyl (C=O) groups is 1. The summed E-state index contributed by atoms with van der Waals surface area (Å²) < 4.78 is 26.5. The molecule has 0 unspecified atom stereocenters. The average molecular weight is 302 g/mol. The van der Waals surface area contributed by atoms with Crippen molar-refractivity contribution in [3.05, 3.63) is 0 Å². The maximum Gasteiger partial charge on any atom is 0.225 e. The van der Waals surface area contributed by atoms with E-state index >= 15 is 0 Å². The molecule has 116 valence electrons. The van der Waals surface area contributed by atoms with Crippen molar-refractivity contribution in [1.29, 1.82) is 0 Å². The summed E-state index contributed by atoms with van der Waals surface area (Å²) in [5.41, 5.74) is 0. The lowest BCUT2D eigenvalue weighted by molar-refractivity contribution is -0.139. The number of carbonyl (C=O) groups excluding carboxylic acids is 1. The SMILES string of the molecule is CCCCS(=O)(=O)NC1CCN(C(=O)C2CCC2)CC1. The highest BCUT2D eigenvalue weighted by molar-refractivity contribution is 7.89. The zero-order valence-corrected chi connectivity index (χ0v) is 13.1. The Morgan fingerprint density at radius 2 is 1.85 bits per heavy atom. The van der Waals surface area contributed by atoms with Crippen LogP contribution in [-0.4, -0.2) is 44.1 Å². The largest absolute Gasteiger partial charge is 0.342 e. The first-order valence-corrected chi connectivity index (χ1v) is 9.46. The van der Waals surface area contributed by atoms with E-state index in [1.807, 2.05) is 11.8 Å². The van der Waals surface area contributed by atoms with Crippen molar-refractivity contribution in [2.75, 3.05) is 18.8 Å². The summed E-state index contributed by atoms with van der Waals surface area (Å²) in [5, 5.41) is 0. The standard InChI is InChI=1S/C14H26N2O3S/c1-2-3-11-20(18,19)15-13-7-9-16(10-8-13)14(17)12-5-4-6-12/h12-13,15H,2-11H2,1H3. The van der Waals surface area contributed by atoms with Gasteiger partial charge in [-0.05, 0) is 32.1 Å². The van der Waals surface area contributed by atoms with Crippen molar-refractivity contribution in [3.63, 3.8) is 0 Å². The Labute approximate surface area is 122 Å². The second-order valence-electron chi connectivity index (χ2n) is 6.02. The molecule has 1 heterocycles. The van der Waals surface area contributed by atoms with Gasteiger partial charge < -0.3 is 4.90 Å². The monoisotopic (exact) mass is 302 g/mol. The van der Waals surface area contributed by atoms with E-state index in [1.165, 1.54) is 6.42 Å². The number of rotatable bonds is 6. The highest BCUT2D eigenvalue weighted by Gasteiger charge is 2.32. The molecule has 0 aromatic rings. The molecule has 0 spiro atoms. The molecule has 2 aliphatic rings. The normalized spacial score (nSPS) is 21.8. The van der Waals surface area contributed by atoms with Crippen LogP contribution in [-0.2, 0) is 14.8 Å². The van der Waals surface area contributed by atoms with Gasteiger partial charge in [-0.1, -0.05) is 19.8 Å². The zero-order valence-electron chi connectivity index (χ0n) is 12.3. The number of nitrogens with zero attached hydrogens (tertiary/aromatic N) is 1. The van der Waals surface area contributed by atoms with Crippen LogP contribution in [0, 0.1) is 5.92 Å². The number of sulfonamides is 1. The van der Waals surface area contributed by atoms with E-state index in [1.54, 1.807) is 0 Å². The number of piperidine rings is 1. The first-order valence-electron chi connectivity index (χ1n) is 7.80. The molecule has 1 aliphatic heterocycles. The Bertz CT molecular complexity index is 424. The summed E-state index contributed by atoms with van der Waals surface area (Å²) >= 11 is 0. The quantitative estimate of drug-likeness (QED) is 0.808. The van der Waals surface area contributed by atoms with Crippen LogP contribution in [0.25, 0.3) is 0 Å². The number of unbranched alkanes of at least 4 members (excludes halogenated alkanes) is 1. The summed E-state index contributed by atoms with van der Waals surface area (Å²) in [5.74, 6) is 0.737. The Morgan fingerprint density at radius 1 is 1.20 bits per heavy atom. The summed E-state index contributed by atoms with van der Waals surface area (Å²) in [4.78, 5) is 14.0. The molecule has 1 amide bonds. The van der Waals surface area contributed by atoms with Gasteiger partial charge in [0.1, 0.15) is 0 Å². The topological polar surface area (TPSA) is 66.5 Å². The molecule has 0 atom stereocenters. The highest BCUT2D eigenvalue weighted by atomic mass is 32.2. The molecular weight excluding hydrogens is 276 g/mol. The van der Waals surface area contributed by atoms with E-state index in [0.29, 0.717) is 19.5 Å². The highest BCUT2D eigenvalue weighted by Crippen LogP contribution is 2.29. The van der Waals surface area contributed by atoms with E-state index in [9.17, 15) is 13.2 Å². The van der Waals surface area contributed by atoms with E-state index in [-0.39, 0.29) is 23.6 Å². The van der Waals surface area contributed by atoms with Crippen molar-refractivity contribution < 1.29 is 13.2 Å². The molecule has 2 rings (SSSR count). The molecule has 0 aromatic heterocycles. The number of nitrogens with one attached hydrogen (secondary N) is 1. The zero-order chi connectivity index (χ0) is 14.6. The third-order valence-electron chi connectivity index (χ3n) is 4.37. The van der Waals surface area contributed by atoms with Crippen LogP contribution in [0.3, 0.4) is 0 Å². The molecule has 20 heavy (non-hydrogen) atoms. The number of amides is 1. The molecule has 2 fully saturated rings. The Morgan fingerprint density at radius 3 is 2.35 bits per heavy atom. The van der Waals surface area contributed by atoms with Crippen LogP contribution < -0.4 is 4.72 Å². The average Bonchev–Trinajstić information content (AvgIpc) is 2.35. The molecule has 6 heteroatoms. The van der Waals surface area contributed by atoms with Crippen molar-refractivity contribution in [2.45, 2.75) is 57.9 Å². The van der Waals surface area contributed by atoms with Gasteiger partial charge in [-0.25, -0.2) is 13.1 Å². The minimum atomic E-state index is -3.14. The fourth-order valence-electron chi connectivity index (χ4n) is 2.78. The molecule has 1 saturated heterocycles. The van der Waals surface area contributed by atoms with E-state index in [4.69, 9.17) is 0 Å². The molecular formula is C14H26N2O3S. The van der Waals surface area contributed by atoms with E-state index in [0.717, 1.165) is 32.1 Å². The fourth-order valence-corrected chi connectivity index (χ4v) is 4.31. The van der Waals surface area contributed by atoms with Crippen molar-refractivity contribution in [2.24, 2.45) is 5.92 Å². The third kappa shape index (κ3) is 4.19. The third-order valence-corrected chi connectivity index (χ3v) is 5.89. The van der Waals surface area contributed by atoms with Crippen LogP contribution in [0.2, 0.25) is 0 Å². The minimum absolute atomic E-state index is 0.00213. The molecule has 1 N–H and O–H groups in total. The molecule has 0 bridgehead atoms. The number of hydrogen-bond donors (Lipinski definition) is 1. The lowest BCUT2D eigenvalue weighted by Gasteiger charge is -2.36. The van der Waals surface area contributed by atoms with Gasteiger partial charge >= 0.3 is 0 Å². The van der Waals surface area contributed by atoms with Gasteiger partial charge in [0.25, 0.3) is 0 Å². The Hall–Kier alpha value is -0.620. The molecule has 5 nitrogen and oxygen atoms in total. The summed E-state index contributed by atoms with van der Waals surface area (Å²) in [6.45, 7) is 3.37. The number of hydrogen-bond acceptors (Lipinski definition) is 3. The van der Waals surface area contributed by atoms with Gasteiger partial charge in [0.15, 0.2) is 0 Å². The smallest absolute Gasteiger partial charge is 0.225 e. The molecule has 1 saturated carbocycles. The lowest BCUT2D eigenvalue weighted by atomic mass is 9.84. The summed E-state index contributed by atoms with van der Waals surface area (Å²) in [6, 6.07) is 0.00213. The van der Waals surface area contributed by atoms with Gasteiger partial charge in [0, 0.05) is 25.0 Å². The van der Waals surface area contributed by atoms with Crippen LogP contribution in [0.4, 0.5) is 0 Å². The maximum atomic E-state index is 12.1. The van der Waals surface area contributed by atoms with Gasteiger partial charge in [0.2, 0.25) is 15.9 Å². The molecule has 1 aliphatic carbocycles. The predicted octanol–water partition coefficient (Wildman–Crippen LogP) is 1.50. The van der Waals surface area contributed by atoms with Crippen LogP contribution in [0.5, 0.6) is 0 Å². The summed E-state index contributed by atoms with van der Waals surface area (Å²) in [7, 11) is -3.14. The van der Waals surface area contributed by atoms with Crippen molar-refractivity contribution in [1.82, 2.24) is 9.62 Å². The Balaban J connectivity index is 1.75.